The number of amides is 1. The van der Waals surface area contributed by atoms with Gasteiger partial charge in [0, 0.05) is 5.71 Å². The maximum absolute atomic E-state index is 10.3. The smallest absolute Gasteiger partial charge is 0.225 e. The van der Waals surface area contributed by atoms with Gasteiger partial charge in [-0.05, 0) is 6.92 Å². The Morgan fingerprint density at radius 3 is 2.90 bits per heavy atom. The molecule has 0 radical (unpaired) electrons. The summed E-state index contributed by atoms with van der Waals surface area (Å²) in [6.45, 7) is 2.49. The van der Waals surface area contributed by atoms with E-state index >= 15 is 0 Å². The van der Waals surface area contributed by atoms with Crippen LogP contribution in [0.4, 0.5) is 0 Å². The van der Waals surface area contributed by atoms with Crippen molar-refractivity contribution in [2.75, 3.05) is 6.54 Å². The van der Waals surface area contributed by atoms with Crippen molar-refractivity contribution >= 4 is 17.5 Å². The summed E-state index contributed by atoms with van der Waals surface area (Å²) in [6, 6.07) is 0. The first kappa shape index (κ1) is 6.92. The third-order valence-electron chi connectivity index (χ3n) is 1.14. The van der Waals surface area contributed by atoms with Crippen molar-refractivity contribution < 1.29 is 4.79 Å². The van der Waals surface area contributed by atoms with Crippen molar-refractivity contribution in [3.63, 3.8) is 0 Å². The first-order valence-corrected chi connectivity index (χ1v) is 3.04. The zero-order valence-electron chi connectivity index (χ0n) is 5.79. The second kappa shape index (κ2) is 2.60. The van der Waals surface area contributed by atoms with Crippen molar-refractivity contribution in [1.82, 2.24) is 0 Å². The summed E-state index contributed by atoms with van der Waals surface area (Å²) >= 11 is 0. The third-order valence-corrected chi connectivity index (χ3v) is 1.14. The van der Waals surface area contributed by atoms with Crippen molar-refractivity contribution in [2.45, 2.75) is 13.3 Å². The minimum absolute atomic E-state index is 0.164. The maximum Gasteiger partial charge on any atom is 0.225 e. The van der Waals surface area contributed by atoms with Crippen molar-refractivity contribution in [3.8, 4) is 0 Å². The first-order valence-electron chi connectivity index (χ1n) is 3.04. The quantitative estimate of drug-likeness (QED) is 0.562. The Morgan fingerprint density at radius 2 is 2.50 bits per heavy atom. The standard InChI is InChI=1S/C6H9N3O/c1-4-3-8-6(9-4)2-5(7)10/h2-3H2,1H3,(H2,7,10). The lowest BCUT2D eigenvalue weighted by molar-refractivity contribution is -0.116. The van der Waals surface area contributed by atoms with E-state index in [2.05, 4.69) is 9.98 Å². The van der Waals surface area contributed by atoms with Crippen molar-refractivity contribution in [3.05, 3.63) is 0 Å². The topological polar surface area (TPSA) is 67.8 Å². The molecule has 0 aliphatic carbocycles. The van der Waals surface area contributed by atoms with Gasteiger partial charge in [0.2, 0.25) is 5.91 Å². The predicted molar refractivity (Wildman–Crippen MR) is 39.2 cm³/mol. The predicted octanol–water partition coefficient (Wildman–Crippen LogP) is -0.265. The van der Waals surface area contributed by atoms with Crippen LogP contribution in [0.25, 0.3) is 0 Å². The molecular formula is C6H9N3O. The lowest BCUT2D eigenvalue weighted by Gasteiger charge is -1.88. The van der Waals surface area contributed by atoms with Crippen molar-refractivity contribution in [2.24, 2.45) is 15.7 Å². The lowest BCUT2D eigenvalue weighted by atomic mass is 10.4. The average Bonchev–Trinajstić information content (AvgIpc) is 2.13. The molecule has 0 aromatic rings. The minimum atomic E-state index is -0.378. The second-order valence-corrected chi connectivity index (χ2v) is 2.22. The molecule has 2 N–H and O–H groups in total. The summed E-state index contributed by atoms with van der Waals surface area (Å²) in [6.07, 6.45) is 0.164. The SMILES string of the molecule is CC1=NC(CC(N)=O)=NC1. The van der Waals surface area contributed by atoms with Gasteiger partial charge in [-0.15, -0.1) is 0 Å². The largest absolute Gasteiger partial charge is 0.369 e. The second-order valence-electron chi connectivity index (χ2n) is 2.22. The number of hydrogen-bond acceptors (Lipinski definition) is 3. The lowest BCUT2D eigenvalue weighted by Crippen LogP contribution is -2.14. The molecule has 0 atom stereocenters. The zero-order chi connectivity index (χ0) is 7.56. The van der Waals surface area contributed by atoms with Crippen LogP contribution in [-0.4, -0.2) is 24.0 Å². The van der Waals surface area contributed by atoms with Gasteiger partial charge in [0.05, 0.1) is 13.0 Å². The van der Waals surface area contributed by atoms with E-state index in [9.17, 15) is 4.79 Å². The fourth-order valence-corrected chi connectivity index (χ4v) is 0.748. The average molecular weight is 139 g/mol. The summed E-state index contributed by atoms with van der Waals surface area (Å²) in [5.41, 5.74) is 5.87. The van der Waals surface area contributed by atoms with E-state index < -0.39 is 0 Å². The molecule has 1 heterocycles. The highest BCUT2D eigenvalue weighted by Gasteiger charge is 2.07. The monoisotopic (exact) mass is 139 g/mol. The van der Waals surface area contributed by atoms with Gasteiger partial charge in [-0.3, -0.25) is 9.79 Å². The molecule has 0 saturated carbocycles. The fourth-order valence-electron chi connectivity index (χ4n) is 0.748. The molecule has 0 unspecified atom stereocenters. The number of hydrogen-bond donors (Lipinski definition) is 1. The van der Waals surface area contributed by atoms with Crippen molar-refractivity contribution in [1.29, 1.82) is 0 Å². The van der Waals surface area contributed by atoms with Gasteiger partial charge in [0.1, 0.15) is 5.84 Å². The number of carbonyl (C=O) groups is 1. The molecule has 10 heavy (non-hydrogen) atoms. The first-order chi connectivity index (χ1) is 4.68. The molecular weight excluding hydrogens is 130 g/mol. The zero-order valence-corrected chi connectivity index (χ0v) is 5.79. The summed E-state index contributed by atoms with van der Waals surface area (Å²) in [7, 11) is 0. The van der Waals surface area contributed by atoms with Gasteiger partial charge in [-0.1, -0.05) is 0 Å². The van der Waals surface area contributed by atoms with Gasteiger partial charge < -0.3 is 5.73 Å². The van der Waals surface area contributed by atoms with Crippen LogP contribution in [0.15, 0.2) is 9.98 Å². The fraction of sp³-hybridized carbons (Fsp3) is 0.500. The van der Waals surface area contributed by atoms with Gasteiger partial charge >= 0.3 is 0 Å². The number of aliphatic imine (C=N–C) groups is 2. The Bertz CT molecular complexity index is 217. The van der Waals surface area contributed by atoms with E-state index in [1.165, 1.54) is 0 Å². The van der Waals surface area contributed by atoms with Crippen LogP contribution >= 0.6 is 0 Å². The van der Waals surface area contributed by atoms with E-state index in [1.807, 2.05) is 6.92 Å². The highest BCUT2D eigenvalue weighted by Crippen LogP contribution is 1.98. The molecule has 0 fully saturated rings. The number of nitrogens with two attached hydrogens (primary N) is 1. The normalized spacial score (nSPS) is 16.5. The highest BCUT2D eigenvalue weighted by atomic mass is 16.1. The van der Waals surface area contributed by atoms with Crippen LogP contribution in [-0.2, 0) is 4.79 Å². The number of rotatable bonds is 2. The summed E-state index contributed by atoms with van der Waals surface area (Å²) < 4.78 is 0. The highest BCUT2D eigenvalue weighted by molar-refractivity contribution is 6.09. The molecule has 0 bridgehead atoms. The Morgan fingerprint density at radius 1 is 1.80 bits per heavy atom. The van der Waals surface area contributed by atoms with Gasteiger partial charge in [0.25, 0.3) is 0 Å². The molecule has 1 aliphatic rings. The molecule has 0 spiro atoms. The van der Waals surface area contributed by atoms with Crippen LogP contribution in [0.5, 0.6) is 0 Å². The molecule has 1 rings (SSSR count). The number of amidine groups is 1. The number of primary amides is 1. The summed E-state index contributed by atoms with van der Waals surface area (Å²) in [5, 5.41) is 0. The van der Waals surface area contributed by atoms with Crippen LogP contribution in [0.2, 0.25) is 0 Å². The molecule has 54 valence electrons. The van der Waals surface area contributed by atoms with E-state index in [1.54, 1.807) is 0 Å². The van der Waals surface area contributed by atoms with E-state index in [0.717, 1.165) is 5.71 Å². The molecule has 1 aliphatic heterocycles. The summed E-state index contributed by atoms with van der Waals surface area (Å²) in [4.78, 5) is 18.3. The van der Waals surface area contributed by atoms with Crippen LogP contribution in [0.1, 0.15) is 13.3 Å². The Hall–Kier alpha value is -1.19. The molecule has 4 heteroatoms. The molecule has 4 nitrogen and oxygen atoms in total. The van der Waals surface area contributed by atoms with Gasteiger partial charge in [0.15, 0.2) is 0 Å². The van der Waals surface area contributed by atoms with E-state index in [4.69, 9.17) is 5.73 Å². The molecule has 0 saturated heterocycles. The third kappa shape index (κ3) is 1.65. The van der Waals surface area contributed by atoms with E-state index in [-0.39, 0.29) is 12.3 Å². The van der Waals surface area contributed by atoms with Crippen LogP contribution in [0.3, 0.4) is 0 Å². The van der Waals surface area contributed by atoms with Gasteiger partial charge in [-0.2, -0.15) is 0 Å². The number of nitrogens with zero attached hydrogens (tertiary/aromatic N) is 2. The Balaban J connectivity index is 2.52. The summed E-state index contributed by atoms with van der Waals surface area (Å²) in [5.74, 6) is 0.183. The van der Waals surface area contributed by atoms with Gasteiger partial charge in [-0.25, -0.2) is 4.99 Å². The van der Waals surface area contributed by atoms with Crippen LogP contribution < -0.4 is 5.73 Å². The Labute approximate surface area is 58.9 Å². The van der Waals surface area contributed by atoms with E-state index in [0.29, 0.717) is 12.4 Å². The molecule has 0 aromatic heterocycles. The Kier molecular flexibility index (Phi) is 1.80. The molecule has 0 aromatic carbocycles. The molecule has 1 amide bonds. The number of carbonyl (C=O) groups excluding carboxylic acids is 1. The van der Waals surface area contributed by atoms with Crippen LogP contribution in [0, 0.1) is 0 Å². The minimum Gasteiger partial charge on any atom is -0.369 e. The maximum atomic E-state index is 10.3.